The Hall–Kier alpha value is -0.820. The Morgan fingerprint density at radius 2 is 1.73 bits per heavy atom. The third-order valence-electron chi connectivity index (χ3n) is 3.52. The molecule has 15 heavy (non-hydrogen) atoms. The lowest BCUT2D eigenvalue weighted by Gasteiger charge is -2.18. The molecule has 0 heterocycles. The second-order valence-corrected chi connectivity index (χ2v) is 5.17. The van der Waals surface area contributed by atoms with Crippen molar-refractivity contribution in [3.63, 3.8) is 0 Å². The van der Waals surface area contributed by atoms with E-state index in [9.17, 15) is 0 Å². The monoisotopic (exact) mass is 201 g/mol. The molecule has 0 amide bonds. The van der Waals surface area contributed by atoms with Gasteiger partial charge in [0.25, 0.3) is 0 Å². The molecule has 2 fully saturated rings. The Bertz CT molecular complexity index is 333. The lowest BCUT2D eigenvalue weighted by atomic mass is 10.0. The molecular weight excluding hydrogens is 182 g/mol. The second kappa shape index (κ2) is 3.64. The highest BCUT2D eigenvalue weighted by Crippen LogP contribution is 2.42. The van der Waals surface area contributed by atoms with E-state index in [4.69, 9.17) is 0 Å². The van der Waals surface area contributed by atoms with E-state index in [1.165, 1.54) is 36.8 Å². The lowest BCUT2D eigenvalue weighted by molar-refractivity contribution is 0.478. The number of aryl methyl sites for hydroxylation is 1. The summed E-state index contributed by atoms with van der Waals surface area (Å²) in [7, 11) is 0. The van der Waals surface area contributed by atoms with Crippen LogP contribution in [0.2, 0.25) is 0 Å². The van der Waals surface area contributed by atoms with Crippen molar-refractivity contribution in [2.24, 2.45) is 5.92 Å². The van der Waals surface area contributed by atoms with E-state index in [1.807, 2.05) is 0 Å². The fourth-order valence-corrected chi connectivity index (χ4v) is 2.21. The van der Waals surface area contributed by atoms with Gasteiger partial charge in [0.2, 0.25) is 0 Å². The van der Waals surface area contributed by atoms with Gasteiger partial charge in [0, 0.05) is 12.1 Å². The number of hydrogen-bond acceptors (Lipinski definition) is 1. The highest BCUT2D eigenvalue weighted by molar-refractivity contribution is 5.26. The molecule has 1 aromatic carbocycles. The van der Waals surface area contributed by atoms with Crippen LogP contribution in [0.3, 0.4) is 0 Å². The number of benzene rings is 1. The van der Waals surface area contributed by atoms with Gasteiger partial charge in [-0.3, -0.25) is 0 Å². The van der Waals surface area contributed by atoms with Gasteiger partial charge in [0.1, 0.15) is 0 Å². The Kier molecular flexibility index (Phi) is 2.28. The number of hydrogen-bond donors (Lipinski definition) is 1. The van der Waals surface area contributed by atoms with Gasteiger partial charge in [-0.05, 0) is 44.1 Å². The average molecular weight is 201 g/mol. The predicted octanol–water partition coefficient (Wildman–Crippen LogP) is 3.20. The molecule has 2 aliphatic carbocycles. The topological polar surface area (TPSA) is 12.0 Å². The van der Waals surface area contributed by atoms with E-state index in [0.717, 1.165) is 12.0 Å². The molecule has 2 aliphatic rings. The van der Waals surface area contributed by atoms with Crippen LogP contribution >= 0.6 is 0 Å². The van der Waals surface area contributed by atoms with E-state index in [-0.39, 0.29) is 0 Å². The van der Waals surface area contributed by atoms with Crippen molar-refractivity contribution in [2.45, 2.75) is 44.7 Å². The van der Waals surface area contributed by atoms with Crippen LogP contribution in [0, 0.1) is 12.8 Å². The molecule has 1 heteroatoms. The van der Waals surface area contributed by atoms with Crippen molar-refractivity contribution in [1.29, 1.82) is 0 Å². The minimum atomic E-state index is 0.637. The van der Waals surface area contributed by atoms with Crippen molar-refractivity contribution in [3.8, 4) is 0 Å². The first-order valence-electron chi connectivity index (χ1n) is 6.15. The maximum absolute atomic E-state index is 3.79. The predicted molar refractivity (Wildman–Crippen MR) is 62.8 cm³/mol. The summed E-state index contributed by atoms with van der Waals surface area (Å²) in [6.07, 6.45) is 5.60. The van der Waals surface area contributed by atoms with Gasteiger partial charge in [0.05, 0.1) is 0 Å². The molecule has 2 saturated carbocycles. The Morgan fingerprint density at radius 3 is 2.27 bits per heavy atom. The molecule has 0 aliphatic heterocycles. The molecule has 0 radical (unpaired) electrons. The van der Waals surface area contributed by atoms with Crippen LogP contribution < -0.4 is 5.32 Å². The Morgan fingerprint density at radius 1 is 1.07 bits per heavy atom. The van der Waals surface area contributed by atoms with Crippen molar-refractivity contribution in [1.82, 2.24) is 5.32 Å². The van der Waals surface area contributed by atoms with E-state index in [1.54, 1.807) is 0 Å². The summed E-state index contributed by atoms with van der Waals surface area (Å²) in [6, 6.07) is 10.5. The van der Waals surface area contributed by atoms with Crippen LogP contribution in [0.5, 0.6) is 0 Å². The Labute approximate surface area is 91.9 Å². The minimum absolute atomic E-state index is 0.637. The van der Waals surface area contributed by atoms with E-state index < -0.39 is 0 Å². The highest BCUT2D eigenvalue weighted by Gasteiger charge is 2.35. The molecule has 0 spiro atoms. The summed E-state index contributed by atoms with van der Waals surface area (Å²) < 4.78 is 0. The average Bonchev–Trinajstić information content (AvgIpc) is 3.10. The fraction of sp³-hybridized carbons (Fsp3) is 0.571. The van der Waals surface area contributed by atoms with Gasteiger partial charge >= 0.3 is 0 Å². The van der Waals surface area contributed by atoms with Gasteiger partial charge < -0.3 is 5.32 Å². The van der Waals surface area contributed by atoms with Crippen LogP contribution in [-0.4, -0.2) is 6.04 Å². The molecule has 1 nitrogen and oxygen atoms in total. The van der Waals surface area contributed by atoms with E-state index in [2.05, 4.69) is 36.5 Å². The quantitative estimate of drug-likeness (QED) is 0.788. The van der Waals surface area contributed by atoms with Crippen LogP contribution in [0.25, 0.3) is 0 Å². The molecular formula is C14H19N. The first-order chi connectivity index (χ1) is 7.33. The lowest BCUT2D eigenvalue weighted by Crippen LogP contribution is -2.24. The Balaban J connectivity index is 1.77. The highest BCUT2D eigenvalue weighted by atomic mass is 15.0. The molecule has 1 unspecified atom stereocenters. The maximum atomic E-state index is 3.79. The summed E-state index contributed by atoms with van der Waals surface area (Å²) in [6.45, 7) is 2.16. The number of rotatable bonds is 4. The molecule has 1 aromatic rings. The van der Waals surface area contributed by atoms with Crippen molar-refractivity contribution in [2.75, 3.05) is 0 Å². The van der Waals surface area contributed by atoms with Gasteiger partial charge in [0.15, 0.2) is 0 Å². The molecule has 3 rings (SSSR count). The standard InChI is InChI=1S/C14H19N/c1-10-2-4-11(5-3-10)14(12-6-7-12)15-13-8-9-13/h2-5,12-15H,6-9H2,1H3. The van der Waals surface area contributed by atoms with Crippen LogP contribution in [0.1, 0.15) is 42.9 Å². The molecule has 1 atom stereocenters. The van der Waals surface area contributed by atoms with Crippen LogP contribution in [0.15, 0.2) is 24.3 Å². The zero-order valence-electron chi connectivity index (χ0n) is 9.37. The van der Waals surface area contributed by atoms with Gasteiger partial charge in [-0.1, -0.05) is 29.8 Å². The zero-order valence-corrected chi connectivity index (χ0v) is 9.37. The van der Waals surface area contributed by atoms with E-state index >= 15 is 0 Å². The van der Waals surface area contributed by atoms with E-state index in [0.29, 0.717) is 6.04 Å². The number of nitrogens with one attached hydrogen (secondary N) is 1. The summed E-state index contributed by atoms with van der Waals surface area (Å²) in [4.78, 5) is 0. The molecule has 1 N–H and O–H groups in total. The minimum Gasteiger partial charge on any atom is -0.307 e. The van der Waals surface area contributed by atoms with Gasteiger partial charge in [-0.25, -0.2) is 0 Å². The van der Waals surface area contributed by atoms with Gasteiger partial charge in [-0.2, -0.15) is 0 Å². The zero-order chi connectivity index (χ0) is 10.3. The summed E-state index contributed by atoms with van der Waals surface area (Å²) in [5, 5.41) is 3.79. The fourth-order valence-electron chi connectivity index (χ4n) is 2.21. The van der Waals surface area contributed by atoms with Crippen LogP contribution in [0.4, 0.5) is 0 Å². The largest absolute Gasteiger partial charge is 0.307 e. The van der Waals surface area contributed by atoms with Crippen molar-refractivity contribution in [3.05, 3.63) is 35.4 Å². The molecule has 0 bridgehead atoms. The summed E-state index contributed by atoms with van der Waals surface area (Å²) in [5.41, 5.74) is 2.86. The third kappa shape index (κ3) is 2.23. The SMILES string of the molecule is Cc1ccc(C(NC2CC2)C2CC2)cc1. The molecule has 0 aromatic heterocycles. The summed E-state index contributed by atoms with van der Waals surface area (Å²) >= 11 is 0. The van der Waals surface area contributed by atoms with Crippen molar-refractivity contribution < 1.29 is 0 Å². The summed E-state index contributed by atoms with van der Waals surface area (Å²) in [5.74, 6) is 0.910. The third-order valence-corrected chi connectivity index (χ3v) is 3.52. The first kappa shape index (κ1) is 9.41. The molecule has 0 saturated heterocycles. The molecule has 80 valence electrons. The van der Waals surface area contributed by atoms with Crippen LogP contribution in [-0.2, 0) is 0 Å². The second-order valence-electron chi connectivity index (χ2n) is 5.17. The van der Waals surface area contributed by atoms with Crippen molar-refractivity contribution >= 4 is 0 Å². The first-order valence-corrected chi connectivity index (χ1v) is 6.15. The smallest absolute Gasteiger partial charge is 0.0351 e. The maximum Gasteiger partial charge on any atom is 0.0351 e. The normalized spacial score (nSPS) is 22.7. The van der Waals surface area contributed by atoms with Gasteiger partial charge in [-0.15, -0.1) is 0 Å².